The van der Waals surface area contributed by atoms with E-state index in [9.17, 15) is 14.4 Å². The molecule has 3 rings (SSSR count). The highest BCUT2D eigenvalue weighted by Gasteiger charge is 2.21. The first-order chi connectivity index (χ1) is 14.2. The number of thioether (sulfide) groups is 1. The van der Waals surface area contributed by atoms with E-state index in [1.165, 1.54) is 10.9 Å². The van der Waals surface area contributed by atoms with E-state index in [4.69, 9.17) is 17.3 Å². The fourth-order valence-corrected chi connectivity index (χ4v) is 3.81. The van der Waals surface area contributed by atoms with E-state index >= 15 is 0 Å². The molecule has 0 bridgehead atoms. The van der Waals surface area contributed by atoms with Gasteiger partial charge in [0.15, 0.2) is 10.9 Å². The van der Waals surface area contributed by atoms with Gasteiger partial charge in [-0.05, 0) is 30.5 Å². The second-order valence-corrected chi connectivity index (χ2v) is 8.50. The van der Waals surface area contributed by atoms with Crippen LogP contribution < -0.4 is 17.0 Å². The van der Waals surface area contributed by atoms with E-state index in [0.717, 1.165) is 23.0 Å². The molecule has 3 N–H and O–H groups in total. The lowest BCUT2D eigenvalue weighted by molar-refractivity contribution is 0.102. The summed E-state index contributed by atoms with van der Waals surface area (Å²) in [6.07, 6.45) is 1.51. The van der Waals surface area contributed by atoms with Crippen molar-refractivity contribution in [2.45, 2.75) is 32.5 Å². The number of ketones is 1. The molecule has 3 aromatic rings. The number of rotatable bonds is 7. The Morgan fingerprint density at radius 3 is 2.73 bits per heavy atom. The van der Waals surface area contributed by atoms with Crippen molar-refractivity contribution in [3.05, 3.63) is 61.5 Å². The molecule has 0 saturated heterocycles. The van der Waals surface area contributed by atoms with Crippen LogP contribution in [0, 0.1) is 12.8 Å². The van der Waals surface area contributed by atoms with Crippen LogP contribution in [0.3, 0.4) is 0 Å². The molecule has 0 aliphatic carbocycles. The number of hydrogen-bond acceptors (Lipinski definition) is 7. The molecule has 1 aromatic carbocycles. The number of aromatic nitrogens is 5. The summed E-state index contributed by atoms with van der Waals surface area (Å²) in [6, 6.07) is 5.51. The van der Waals surface area contributed by atoms with Gasteiger partial charge in [0.05, 0.1) is 11.4 Å². The summed E-state index contributed by atoms with van der Waals surface area (Å²) in [5.41, 5.74) is 6.02. The van der Waals surface area contributed by atoms with Crippen molar-refractivity contribution in [3.8, 4) is 5.69 Å². The fraction of sp³-hybridized carbons (Fsp3) is 0.316. The van der Waals surface area contributed by atoms with E-state index in [1.807, 2.05) is 32.9 Å². The molecular weight excluding hydrogens is 428 g/mol. The fourth-order valence-electron chi connectivity index (χ4n) is 2.84. The minimum absolute atomic E-state index is 0.105. The van der Waals surface area contributed by atoms with Crippen LogP contribution in [0.25, 0.3) is 5.69 Å². The van der Waals surface area contributed by atoms with Gasteiger partial charge in [0.25, 0.3) is 5.56 Å². The maximum absolute atomic E-state index is 12.8. The Hall–Kier alpha value is -2.85. The molecular formula is C19H21ClN6O3S. The number of aryl methyl sites for hydroxylation is 1. The standard InChI is InChI=1S/C19H21ClN6O3S/c1-10(2)7-25-16(21)15(17(28)23-18(25)29)14(27)8-30-19-24-22-9-26(19)12-5-4-11(3)13(20)6-12/h4-6,9-10H,7-8,21H2,1-3H3,(H,23,28,29). The lowest BCUT2D eigenvalue weighted by Gasteiger charge is -2.13. The molecule has 9 nitrogen and oxygen atoms in total. The molecule has 30 heavy (non-hydrogen) atoms. The molecule has 0 aliphatic rings. The Labute approximate surface area is 181 Å². The number of benzene rings is 1. The SMILES string of the molecule is Cc1ccc(-n2cnnc2SCC(=O)c2c(N)n(CC(C)C)c(=O)[nH]c2=O)cc1Cl. The molecule has 158 valence electrons. The number of carbonyl (C=O) groups excluding carboxylic acids is 1. The highest BCUT2D eigenvalue weighted by Crippen LogP contribution is 2.24. The summed E-state index contributed by atoms with van der Waals surface area (Å²) in [6.45, 7) is 5.99. The van der Waals surface area contributed by atoms with E-state index < -0.39 is 17.0 Å². The molecule has 2 aromatic heterocycles. The summed E-state index contributed by atoms with van der Waals surface area (Å²) in [5, 5.41) is 8.98. The molecule has 0 aliphatic heterocycles. The molecule has 0 unspecified atom stereocenters. The first-order valence-corrected chi connectivity index (χ1v) is 10.5. The molecule has 0 fully saturated rings. The van der Waals surface area contributed by atoms with Crippen LogP contribution in [0.15, 0.2) is 39.3 Å². The van der Waals surface area contributed by atoms with Crippen LogP contribution in [0.2, 0.25) is 5.02 Å². The smallest absolute Gasteiger partial charge is 0.329 e. The molecule has 0 saturated carbocycles. The third-order valence-corrected chi connectivity index (χ3v) is 5.70. The van der Waals surface area contributed by atoms with E-state index in [0.29, 0.717) is 10.2 Å². The Morgan fingerprint density at radius 1 is 1.33 bits per heavy atom. The largest absolute Gasteiger partial charge is 0.384 e. The lowest BCUT2D eigenvalue weighted by Crippen LogP contribution is -2.37. The Morgan fingerprint density at radius 2 is 2.07 bits per heavy atom. The summed E-state index contributed by atoms with van der Waals surface area (Å²) < 4.78 is 2.90. The van der Waals surface area contributed by atoms with Gasteiger partial charge < -0.3 is 5.73 Å². The number of nitrogen functional groups attached to an aromatic ring is 1. The van der Waals surface area contributed by atoms with Gasteiger partial charge in [-0.3, -0.25) is 23.7 Å². The van der Waals surface area contributed by atoms with Crippen molar-refractivity contribution in [2.24, 2.45) is 5.92 Å². The monoisotopic (exact) mass is 448 g/mol. The molecule has 0 radical (unpaired) electrons. The van der Waals surface area contributed by atoms with Gasteiger partial charge in [-0.25, -0.2) is 4.79 Å². The van der Waals surface area contributed by atoms with Gasteiger partial charge in [-0.2, -0.15) is 0 Å². The van der Waals surface area contributed by atoms with Crippen molar-refractivity contribution < 1.29 is 4.79 Å². The third kappa shape index (κ3) is 4.49. The normalized spacial score (nSPS) is 11.2. The predicted octanol–water partition coefficient (Wildman–Crippen LogP) is 2.29. The topological polar surface area (TPSA) is 129 Å². The summed E-state index contributed by atoms with van der Waals surface area (Å²) >= 11 is 7.30. The second-order valence-electron chi connectivity index (χ2n) is 7.15. The number of H-pyrrole nitrogens is 1. The lowest BCUT2D eigenvalue weighted by atomic mass is 10.2. The summed E-state index contributed by atoms with van der Waals surface area (Å²) in [7, 11) is 0. The first kappa shape index (κ1) is 21.8. The average molecular weight is 449 g/mol. The molecule has 0 amide bonds. The molecule has 0 spiro atoms. The van der Waals surface area contributed by atoms with Gasteiger partial charge in [0, 0.05) is 11.6 Å². The number of aromatic amines is 1. The van der Waals surface area contributed by atoms with Gasteiger partial charge in [-0.1, -0.05) is 43.3 Å². The number of halogens is 1. The van der Waals surface area contributed by atoms with Crippen molar-refractivity contribution in [2.75, 3.05) is 11.5 Å². The first-order valence-electron chi connectivity index (χ1n) is 9.14. The maximum Gasteiger partial charge on any atom is 0.329 e. The zero-order valence-electron chi connectivity index (χ0n) is 16.7. The highest BCUT2D eigenvalue weighted by atomic mass is 35.5. The van der Waals surface area contributed by atoms with Gasteiger partial charge in [-0.15, -0.1) is 10.2 Å². The Kier molecular flexibility index (Phi) is 6.47. The van der Waals surface area contributed by atoms with Crippen LogP contribution in [0.5, 0.6) is 0 Å². The van der Waals surface area contributed by atoms with E-state index in [-0.39, 0.29) is 29.6 Å². The number of nitrogens with one attached hydrogen (secondary N) is 1. The summed E-state index contributed by atoms with van der Waals surface area (Å²) in [4.78, 5) is 39.2. The minimum Gasteiger partial charge on any atom is -0.384 e. The third-order valence-electron chi connectivity index (χ3n) is 4.35. The average Bonchev–Trinajstić information content (AvgIpc) is 3.14. The van der Waals surface area contributed by atoms with E-state index in [1.54, 1.807) is 10.6 Å². The van der Waals surface area contributed by atoms with Gasteiger partial charge >= 0.3 is 5.69 Å². The van der Waals surface area contributed by atoms with Crippen LogP contribution in [0.1, 0.15) is 29.8 Å². The molecule has 11 heteroatoms. The minimum atomic E-state index is -0.796. The van der Waals surface area contributed by atoms with Crippen LogP contribution in [0.4, 0.5) is 5.82 Å². The van der Waals surface area contributed by atoms with Crippen molar-refractivity contribution >= 4 is 35.0 Å². The number of nitrogens with zero attached hydrogens (tertiary/aromatic N) is 4. The summed E-state index contributed by atoms with van der Waals surface area (Å²) in [5.74, 6) is -0.637. The Balaban J connectivity index is 1.86. The number of nitrogens with two attached hydrogens (primary N) is 1. The second kappa shape index (κ2) is 8.88. The molecule has 2 heterocycles. The number of carbonyl (C=O) groups is 1. The van der Waals surface area contributed by atoms with Crippen LogP contribution >= 0.6 is 23.4 Å². The number of hydrogen-bond donors (Lipinski definition) is 2. The predicted molar refractivity (Wildman–Crippen MR) is 117 cm³/mol. The zero-order chi connectivity index (χ0) is 22.0. The van der Waals surface area contributed by atoms with Crippen molar-refractivity contribution in [1.29, 1.82) is 0 Å². The quantitative estimate of drug-likeness (QED) is 0.419. The highest BCUT2D eigenvalue weighted by molar-refractivity contribution is 7.99. The zero-order valence-corrected chi connectivity index (χ0v) is 18.3. The van der Waals surface area contributed by atoms with E-state index in [2.05, 4.69) is 15.2 Å². The van der Waals surface area contributed by atoms with Gasteiger partial charge in [0.1, 0.15) is 17.7 Å². The number of Topliss-reactive ketones (excluding diaryl/α,β-unsaturated/α-hetero) is 1. The van der Waals surface area contributed by atoms with Crippen LogP contribution in [-0.4, -0.2) is 35.9 Å². The van der Waals surface area contributed by atoms with Crippen molar-refractivity contribution in [3.63, 3.8) is 0 Å². The number of anilines is 1. The Bertz CT molecular complexity index is 1210. The van der Waals surface area contributed by atoms with Crippen LogP contribution in [-0.2, 0) is 6.54 Å². The van der Waals surface area contributed by atoms with Crippen molar-refractivity contribution in [1.82, 2.24) is 24.3 Å². The maximum atomic E-state index is 12.8. The van der Waals surface area contributed by atoms with Gasteiger partial charge in [0.2, 0.25) is 0 Å². The molecule has 0 atom stereocenters.